The van der Waals surface area contributed by atoms with Crippen LogP contribution in [0.3, 0.4) is 0 Å². The third kappa shape index (κ3) is 1.96. The predicted molar refractivity (Wildman–Crippen MR) is 68.4 cm³/mol. The molecule has 2 N–H and O–H groups in total. The van der Waals surface area contributed by atoms with Crippen molar-refractivity contribution in [3.8, 4) is 11.4 Å². The van der Waals surface area contributed by atoms with Gasteiger partial charge < -0.3 is 4.98 Å². The van der Waals surface area contributed by atoms with Gasteiger partial charge >= 0.3 is 0 Å². The molecule has 0 amide bonds. The Morgan fingerprint density at radius 2 is 2.11 bits per heavy atom. The van der Waals surface area contributed by atoms with Crippen molar-refractivity contribution in [1.29, 1.82) is 0 Å². The highest BCUT2D eigenvalue weighted by Crippen LogP contribution is 2.32. The molecule has 1 aliphatic rings. The Bertz CT molecular complexity index is 607. The predicted octanol–water partition coefficient (Wildman–Crippen LogP) is 2.13. The van der Waals surface area contributed by atoms with E-state index in [-0.39, 0.29) is 5.43 Å². The van der Waals surface area contributed by atoms with E-state index in [1.807, 2.05) is 6.92 Å². The zero-order valence-electron chi connectivity index (χ0n) is 10.4. The number of aryl methyl sites for hydroxylation is 1. The molecule has 3 rings (SSSR count). The fraction of sp³-hybridized carbons (Fsp3) is 0.462. The fourth-order valence-electron chi connectivity index (χ4n) is 2.52. The second-order valence-electron chi connectivity index (χ2n) is 4.92. The van der Waals surface area contributed by atoms with E-state index in [9.17, 15) is 4.79 Å². The number of H-pyrrole nitrogens is 2. The monoisotopic (exact) mass is 244 g/mol. The molecular weight excluding hydrogens is 228 g/mol. The van der Waals surface area contributed by atoms with Crippen LogP contribution in [-0.2, 0) is 0 Å². The van der Waals surface area contributed by atoms with Crippen LogP contribution >= 0.6 is 0 Å². The smallest absolute Gasteiger partial charge is 0.192 e. The van der Waals surface area contributed by atoms with Crippen LogP contribution in [0.15, 0.2) is 17.1 Å². The van der Waals surface area contributed by atoms with Crippen molar-refractivity contribution in [3.05, 3.63) is 34.0 Å². The molecule has 5 nitrogen and oxygen atoms in total. The summed E-state index contributed by atoms with van der Waals surface area (Å²) in [6.07, 6.45) is 6.52. The normalized spacial score (nSPS) is 16.3. The van der Waals surface area contributed by atoms with Crippen LogP contribution in [0, 0.1) is 6.92 Å². The lowest BCUT2D eigenvalue weighted by molar-refractivity contribution is 0.672. The van der Waals surface area contributed by atoms with Crippen molar-refractivity contribution in [1.82, 2.24) is 20.2 Å². The Morgan fingerprint density at radius 1 is 1.33 bits per heavy atom. The van der Waals surface area contributed by atoms with Gasteiger partial charge in [0.2, 0.25) is 0 Å². The lowest BCUT2D eigenvalue weighted by Crippen LogP contribution is -2.06. The van der Waals surface area contributed by atoms with E-state index in [1.54, 1.807) is 12.3 Å². The minimum Gasteiger partial charge on any atom is -0.364 e. The Kier molecular flexibility index (Phi) is 2.74. The molecule has 5 heteroatoms. The van der Waals surface area contributed by atoms with E-state index in [0.29, 0.717) is 17.3 Å². The van der Waals surface area contributed by atoms with Crippen molar-refractivity contribution in [3.63, 3.8) is 0 Å². The van der Waals surface area contributed by atoms with Gasteiger partial charge in [0.1, 0.15) is 5.82 Å². The highest BCUT2D eigenvalue weighted by atomic mass is 16.1. The lowest BCUT2D eigenvalue weighted by atomic mass is 10.1. The van der Waals surface area contributed by atoms with Gasteiger partial charge in [-0.05, 0) is 19.8 Å². The third-order valence-corrected chi connectivity index (χ3v) is 3.54. The van der Waals surface area contributed by atoms with Crippen LogP contribution in [0.5, 0.6) is 0 Å². The first kappa shape index (κ1) is 11.2. The van der Waals surface area contributed by atoms with Crippen LogP contribution < -0.4 is 5.43 Å². The highest BCUT2D eigenvalue weighted by Gasteiger charge is 2.21. The maximum atomic E-state index is 11.9. The summed E-state index contributed by atoms with van der Waals surface area (Å²) in [5.41, 5.74) is 1.33. The van der Waals surface area contributed by atoms with Crippen LogP contribution in [0.25, 0.3) is 11.4 Å². The van der Waals surface area contributed by atoms with Crippen LogP contribution in [-0.4, -0.2) is 20.2 Å². The van der Waals surface area contributed by atoms with Gasteiger partial charge in [0.05, 0.1) is 5.56 Å². The van der Waals surface area contributed by atoms with E-state index in [4.69, 9.17) is 0 Å². The number of aromatic nitrogens is 4. The number of nitrogens with one attached hydrogen (secondary N) is 2. The van der Waals surface area contributed by atoms with E-state index in [1.165, 1.54) is 25.7 Å². The quantitative estimate of drug-likeness (QED) is 0.849. The van der Waals surface area contributed by atoms with Crippen molar-refractivity contribution >= 4 is 0 Å². The first-order valence-corrected chi connectivity index (χ1v) is 6.36. The molecule has 0 radical (unpaired) electrons. The maximum absolute atomic E-state index is 11.9. The van der Waals surface area contributed by atoms with Crippen molar-refractivity contribution < 1.29 is 0 Å². The third-order valence-electron chi connectivity index (χ3n) is 3.54. The summed E-state index contributed by atoms with van der Waals surface area (Å²) in [6, 6.07) is 1.57. The standard InChI is InChI=1S/C13H16N4O/c1-8-6-11(18)10(7-14-8)13-15-12(16-17-13)9-4-2-3-5-9/h6-7,9H,2-5H2,1H3,(H,14,18)(H,15,16,17). The summed E-state index contributed by atoms with van der Waals surface area (Å²) in [4.78, 5) is 19.3. The van der Waals surface area contributed by atoms with E-state index in [2.05, 4.69) is 20.2 Å². The van der Waals surface area contributed by atoms with Crippen molar-refractivity contribution in [2.24, 2.45) is 0 Å². The molecule has 0 atom stereocenters. The molecule has 2 aromatic heterocycles. The molecule has 1 fully saturated rings. The van der Waals surface area contributed by atoms with Crippen molar-refractivity contribution in [2.75, 3.05) is 0 Å². The largest absolute Gasteiger partial charge is 0.364 e. The van der Waals surface area contributed by atoms with Gasteiger partial charge in [-0.3, -0.25) is 9.89 Å². The summed E-state index contributed by atoms with van der Waals surface area (Å²) in [5.74, 6) is 1.90. The second kappa shape index (κ2) is 4.40. The number of hydrogen-bond acceptors (Lipinski definition) is 3. The average molecular weight is 244 g/mol. The molecule has 1 saturated carbocycles. The summed E-state index contributed by atoms with van der Waals surface area (Å²) in [5, 5.41) is 7.14. The Labute approximate surface area is 105 Å². The van der Waals surface area contributed by atoms with Gasteiger partial charge in [-0.25, -0.2) is 4.98 Å². The van der Waals surface area contributed by atoms with Gasteiger partial charge in [-0.2, -0.15) is 5.10 Å². The second-order valence-corrected chi connectivity index (χ2v) is 4.92. The fourth-order valence-corrected chi connectivity index (χ4v) is 2.52. The molecule has 94 valence electrons. The molecule has 0 spiro atoms. The molecule has 18 heavy (non-hydrogen) atoms. The van der Waals surface area contributed by atoms with E-state index < -0.39 is 0 Å². The Hall–Kier alpha value is -1.91. The SMILES string of the molecule is Cc1cc(=O)c(-c2n[nH]c(C3CCCC3)n2)c[nH]1. The highest BCUT2D eigenvalue weighted by molar-refractivity contribution is 5.52. The van der Waals surface area contributed by atoms with E-state index in [0.717, 1.165) is 11.5 Å². The molecule has 0 bridgehead atoms. The lowest BCUT2D eigenvalue weighted by Gasteiger charge is -2.01. The van der Waals surface area contributed by atoms with Crippen LogP contribution in [0.4, 0.5) is 0 Å². The number of pyridine rings is 1. The summed E-state index contributed by atoms with van der Waals surface area (Å²) in [7, 11) is 0. The van der Waals surface area contributed by atoms with E-state index >= 15 is 0 Å². The molecular formula is C13H16N4O. The van der Waals surface area contributed by atoms with Gasteiger partial charge in [-0.15, -0.1) is 0 Å². The summed E-state index contributed by atoms with van der Waals surface area (Å²) >= 11 is 0. The number of rotatable bonds is 2. The summed E-state index contributed by atoms with van der Waals surface area (Å²) < 4.78 is 0. The summed E-state index contributed by atoms with van der Waals surface area (Å²) in [6.45, 7) is 1.85. The number of aromatic amines is 2. The molecule has 2 aromatic rings. The van der Waals surface area contributed by atoms with Gasteiger partial charge in [-0.1, -0.05) is 12.8 Å². The Morgan fingerprint density at radius 3 is 2.83 bits per heavy atom. The first-order chi connectivity index (χ1) is 8.74. The molecule has 0 saturated heterocycles. The number of nitrogens with zero attached hydrogens (tertiary/aromatic N) is 2. The Balaban J connectivity index is 1.95. The molecule has 0 aromatic carbocycles. The first-order valence-electron chi connectivity index (χ1n) is 6.36. The minimum atomic E-state index is -0.0387. The molecule has 0 unspecified atom stereocenters. The average Bonchev–Trinajstić information content (AvgIpc) is 2.99. The zero-order valence-corrected chi connectivity index (χ0v) is 10.4. The van der Waals surface area contributed by atoms with Gasteiger partial charge in [0.15, 0.2) is 11.3 Å². The minimum absolute atomic E-state index is 0.0387. The van der Waals surface area contributed by atoms with Crippen LogP contribution in [0.2, 0.25) is 0 Å². The zero-order chi connectivity index (χ0) is 12.5. The molecule has 1 aliphatic carbocycles. The maximum Gasteiger partial charge on any atom is 0.192 e. The molecule has 0 aliphatic heterocycles. The van der Waals surface area contributed by atoms with Gasteiger partial charge in [0.25, 0.3) is 0 Å². The molecule has 2 heterocycles. The number of hydrogen-bond donors (Lipinski definition) is 2. The topological polar surface area (TPSA) is 74.4 Å². The van der Waals surface area contributed by atoms with Gasteiger partial charge in [0, 0.05) is 23.9 Å². The van der Waals surface area contributed by atoms with Crippen LogP contribution in [0.1, 0.15) is 43.1 Å². The van der Waals surface area contributed by atoms with Crippen molar-refractivity contribution in [2.45, 2.75) is 38.5 Å².